The lowest BCUT2D eigenvalue weighted by Gasteiger charge is -2.26. The summed E-state index contributed by atoms with van der Waals surface area (Å²) in [6.45, 7) is 6.83. The number of fused-ring (bicyclic) bond motifs is 1. The Morgan fingerprint density at radius 1 is 1.18 bits per heavy atom. The molecule has 0 bridgehead atoms. The minimum atomic E-state index is -0.289. The first kappa shape index (κ1) is 23.4. The molecule has 0 unspecified atom stereocenters. The summed E-state index contributed by atoms with van der Waals surface area (Å²) < 4.78 is 6.14. The Hall–Kier alpha value is -2.72. The number of anilines is 2. The van der Waals surface area contributed by atoms with Gasteiger partial charge in [-0.2, -0.15) is 0 Å². The summed E-state index contributed by atoms with van der Waals surface area (Å²) in [5.41, 5.74) is 2.69. The van der Waals surface area contributed by atoms with E-state index in [1.54, 1.807) is 24.3 Å². The fourth-order valence-corrected chi connectivity index (χ4v) is 4.74. The zero-order chi connectivity index (χ0) is 23.2. The van der Waals surface area contributed by atoms with E-state index >= 15 is 0 Å². The second-order valence-corrected chi connectivity index (χ2v) is 9.21. The lowest BCUT2D eigenvalue weighted by atomic mass is 10.1. The lowest BCUT2D eigenvalue weighted by molar-refractivity contribution is 0.0375. The molecular weight excluding hydrogens is 462 g/mol. The number of nitrogens with zero attached hydrogens (tertiary/aromatic N) is 2. The van der Waals surface area contributed by atoms with Crippen LogP contribution in [-0.4, -0.2) is 61.2 Å². The molecule has 8 nitrogen and oxygen atoms in total. The quantitative estimate of drug-likeness (QED) is 0.430. The van der Waals surface area contributed by atoms with Crippen molar-refractivity contribution in [1.29, 1.82) is 0 Å². The van der Waals surface area contributed by atoms with Crippen LogP contribution in [0.1, 0.15) is 22.3 Å². The van der Waals surface area contributed by atoms with Crippen molar-refractivity contribution in [2.75, 3.05) is 50.0 Å². The van der Waals surface area contributed by atoms with Gasteiger partial charge in [-0.25, -0.2) is 9.78 Å². The van der Waals surface area contributed by atoms with Crippen LogP contribution in [-0.2, 0) is 4.74 Å². The van der Waals surface area contributed by atoms with Gasteiger partial charge in [0, 0.05) is 25.2 Å². The molecule has 4 rings (SSSR count). The fourth-order valence-electron chi connectivity index (χ4n) is 3.57. The van der Waals surface area contributed by atoms with E-state index in [1.807, 2.05) is 19.1 Å². The topological polar surface area (TPSA) is 95.6 Å². The highest BCUT2D eigenvalue weighted by atomic mass is 35.5. The fraction of sp³-hybridized carbons (Fsp3) is 0.348. The minimum absolute atomic E-state index is 0.256. The maximum absolute atomic E-state index is 12.7. The number of carbonyl (C=O) groups excluding carboxylic acids is 2. The summed E-state index contributed by atoms with van der Waals surface area (Å²) in [7, 11) is 0. The molecule has 1 fully saturated rings. The Morgan fingerprint density at radius 3 is 2.79 bits per heavy atom. The molecule has 1 aliphatic rings. The molecule has 0 spiro atoms. The number of ether oxygens (including phenoxy) is 1. The Balaban J connectivity index is 1.31. The molecule has 1 aromatic heterocycles. The Bertz CT molecular complexity index is 1130. The van der Waals surface area contributed by atoms with E-state index in [2.05, 4.69) is 25.8 Å². The first-order chi connectivity index (χ1) is 16.0. The van der Waals surface area contributed by atoms with E-state index < -0.39 is 0 Å². The molecule has 2 heterocycles. The van der Waals surface area contributed by atoms with E-state index in [0.717, 1.165) is 49.5 Å². The number of para-hydroxylation sites is 1. The van der Waals surface area contributed by atoms with Gasteiger partial charge in [0.25, 0.3) is 5.91 Å². The predicted octanol–water partition coefficient (Wildman–Crippen LogP) is 4.35. The SMILES string of the molecule is Cc1cccc(Cl)c1NC(=O)c1ccc2nc(NC(=O)NCCCN3CCOCC3)sc2c1. The van der Waals surface area contributed by atoms with Crippen LogP contribution >= 0.6 is 22.9 Å². The molecule has 3 N–H and O–H groups in total. The van der Waals surface area contributed by atoms with Gasteiger partial charge in [-0.3, -0.25) is 15.0 Å². The second kappa shape index (κ2) is 10.9. The molecule has 10 heteroatoms. The first-order valence-electron chi connectivity index (χ1n) is 10.8. The van der Waals surface area contributed by atoms with Crippen LogP contribution in [0.25, 0.3) is 10.2 Å². The molecule has 3 amide bonds. The summed E-state index contributed by atoms with van der Waals surface area (Å²) in [6, 6.07) is 10.4. The molecule has 3 aromatic rings. The molecule has 0 radical (unpaired) electrons. The molecule has 174 valence electrons. The lowest BCUT2D eigenvalue weighted by Crippen LogP contribution is -2.38. The summed E-state index contributed by atoms with van der Waals surface area (Å²) in [5.74, 6) is -0.256. The number of halogens is 1. The molecular formula is C23H26ClN5O3S. The van der Waals surface area contributed by atoms with Crippen LogP contribution in [0.3, 0.4) is 0 Å². The summed E-state index contributed by atoms with van der Waals surface area (Å²) in [5, 5.41) is 9.49. The van der Waals surface area contributed by atoms with Crippen molar-refractivity contribution in [2.45, 2.75) is 13.3 Å². The predicted molar refractivity (Wildman–Crippen MR) is 133 cm³/mol. The van der Waals surface area contributed by atoms with Crippen LogP contribution in [0.4, 0.5) is 15.6 Å². The number of nitrogens with one attached hydrogen (secondary N) is 3. The van der Waals surface area contributed by atoms with Gasteiger partial charge in [-0.1, -0.05) is 35.1 Å². The van der Waals surface area contributed by atoms with Gasteiger partial charge in [0.05, 0.1) is 34.1 Å². The number of thiazole rings is 1. The monoisotopic (exact) mass is 487 g/mol. The third-order valence-electron chi connectivity index (χ3n) is 5.37. The van der Waals surface area contributed by atoms with Crippen molar-refractivity contribution < 1.29 is 14.3 Å². The Morgan fingerprint density at radius 2 is 2.00 bits per heavy atom. The van der Waals surface area contributed by atoms with E-state index in [-0.39, 0.29) is 11.9 Å². The average Bonchev–Trinajstić information content (AvgIpc) is 3.21. The van der Waals surface area contributed by atoms with Crippen LogP contribution in [0.15, 0.2) is 36.4 Å². The highest BCUT2D eigenvalue weighted by molar-refractivity contribution is 7.22. The van der Waals surface area contributed by atoms with E-state index in [1.165, 1.54) is 11.3 Å². The standard InChI is InChI=1S/C23H26ClN5O3S/c1-15-4-2-5-17(24)20(15)27-21(30)16-6-7-18-19(14-16)33-23(26-18)28-22(31)25-8-3-9-29-10-12-32-13-11-29/h2,4-7,14H,3,8-13H2,1H3,(H,27,30)(H2,25,26,28,31). The van der Waals surface area contributed by atoms with Gasteiger partial charge in [0.15, 0.2) is 5.13 Å². The summed E-state index contributed by atoms with van der Waals surface area (Å²) >= 11 is 7.54. The Kier molecular flexibility index (Phi) is 7.77. The van der Waals surface area contributed by atoms with Crippen molar-refractivity contribution in [3.05, 3.63) is 52.5 Å². The number of hydrogen-bond donors (Lipinski definition) is 3. The molecule has 1 aliphatic heterocycles. The molecule has 0 atom stereocenters. The van der Waals surface area contributed by atoms with Crippen molar-refractivity contribution in [3.8, 4) is 0 Å². The zero-order valence-electron chi connectivity index (χ0n) is 18.3. The average molecular weight is 488 g/mol. The second-order valence-electron chi connectivity index (χ2n) is 7.78. The number of hydrogen-bond acceptors (Lipinski definition) is 6. The number of aromatic nitrogens is 1. The van der Waals surface area contributed by atoms with Crippen molar-refractivity contribution >= 4 is 55.9 Å². The number of morpholine rings is 1. The summed E-state index contributed by atoms with van der Waals surface area (Å²) in [4.78, 5) is 31.7. The largest absolute Gasteiger partial charge is 0.379 e. The van der Waals surface area contributed by atoms with Gasteiger partial charge in [0.1, 0.15) is 0 Å². The van der Waals surface area contributed by atoms with Gasteiger partial charge in [-0.05, 0) is 49.7 Å². The molecule has 1 saturated heterocycles. The molecule has 0 saturated carbocycles. The molecule has 0 aliphatic carbocycles. The maximum Gasteiger partial charge on any atom is 0.321 e. The van der Waals surface area contributed by atoms with Crippen molar-refractivity contribution in [2.24, 2.45) is 0 Å². The number of urea groups is 1. The Labute approximate surface area is 201 Å². The molecule has 2 aromatic carbocycles. The van der Waals surface area contributed by atoms with Gasteiger partial charge in [-0.15, -0.1) is 0 Å². The van der Waals surface area contributed by atoms with Crippen molar-refractivity contribution in [3.63, 3.8) is 0 Å². The van der Waals surface area contributed by atoms with Crippen molar-refractivity contribution in [1.82, 2.24) is 15.2 Å². The molecule has 33 heavy (non-hydrogen) atoms. The minimum Gasteiger partial charge on any atom is -0.379 e. The van der Waals surface area contributed by atoms with E-state index in [0.29, 0.717) is 33.5 Å². The van der Waals surface area contributed by atoms with E-state index in [4.69, 9.17) is 16.3 Å². The third-order valence-corrected chi connectivity index (χ3v) is 6.62. The summed E-state index contributed by atoms with van der Waals surface area (Å²) in [6.07, 6.45) is 0.872. The van der Waals surface area contributed by atoms with Crippen LogP contribution in [0.2, 0.25) is 5.02 Å². The number of aryl methyl sites for hydroxylation is 1. The van der Waals surface area contributed by atoms with Crippen LogP contribution in [0, 0.1) is 6.92 Å². The number of carbonyl (C=O) groups is 2. The third kappa shape index (κ3) is 6.20. The number of amides is 3. The maximum atomic E-state index is 12.7. The highest BCUT2D eigenvalue weighted by Gasteiger charge is 2.14. The highest BCUT2D eigenvalue weighted by Crippen LogP contribution is 2.29. The smallest absolute Gasteiger partial charge is 0.321 e. The van der Waals surface area contributed by atoms with Gasteiger partial charge < -0.3 is 15.4 Å². The van der Waals surface area contributed by atoms with Crippen LogP contribution < -0.4 is 16.0 Å². The number of rotatable bonds is 7. The first-order valence-corrected chi connectivity index (χ1v) is 12.0. The zero-order valence-corrected chi connectivity index (χ0v) is 19.9. The van der Waals surface area contributed by atoms with Gasteiger partial charge in [0.2, 0.25) is 0 Å². The number of benzene rings is 2. The van der Waals surface area contributed by atoms with Gasteiger partial charge >= 0.3 is 6.03 Å². The normalized spacial score (nSPS) is 14.2. The van der Waals surface area contributed by atoms with E-state index in [9.17, 15) is 9.59 Å². The van der Waals surface area contributed by atoms with Crippen LogP contribution in [0.5, 0.6) is 0 Å².